The molecule has 0 saturated carbocycles. The van der Waals surface area contributed by atoms with Crippen LogP contribution in [-0.4, -0.2) is 39.3 Å². The fourth-order valence-corrected chi connectivity index (χ4v) is 3.49. The van der Waals surface area contributed by atoms with E-state index in [1.54, 1.807) is 18.3 Å². The van der Waals surface area contributed by atoms with E-state index < -0.39 is 29.7 Å². The number of hydrogen-bond donors (Lipinski definition) is 1. The molecule has 1 saturated heterocycles. The normalized spacial score (nSPS) is 20.6. The third kappa shape index (κ3) is 3.30. The van der Waals surface area contributed by atoms with E-state index in [0.717, 1.165) is 6.07 Å². The van der Waals surface area contributed by atoms with Crippen LogP contribution in [0.5, 0.6) is 5.75 Å². The highest BCUT2D eigenvalue weighted by molar-refractivity contribution is 5.80. The van der Waals surface area contributed by atoms with Gasteiger partial charge in [-0.25, -0.2) is 9.37 Å². The molecule has 1 aliphatic heterocycles. The Morgan fingerprint density at radius 3 is 2.71 bits per heavy atom. The van der Waals surface area contributed by atoms with Gasteiger partial charge in [0, 0.05) is 23.8 Å². The number of fused-ring (bicyclic) bond motifs is 1. The standard InChI is InChI=1S/C19H17F4N3O2/c1-10-6-12(19(21,22)23)7-16(27)17(10)14-3-2-11-8-26(25-18(11)24-14)15-4-5-28-9-13(15)20/h2-3,6-8,13,15,27H,4-5,9H2,1H3/t13-,15-/m1/s1. The van der Waals surface area contributed by atoms with Crippen molar-refractivity contribution in [3.63, 3.8) is 0 Å². The van der Waals surface area contributed by atoms with Crippen molar-refractivity contribution in [2.45, 2.75) is 31.7 Å². The number of halogens is 4. The highest BCUT2D eigenvalue weighted by Gasteiger charge is 2.32. The van der Waals surface area contributed by atoms with Crippen LogP contribution < -0.4 is 0 Å². The number of pyridine rings is 1. The topological polar surface area (TPSA) is 60.2 Å². The third-order valence-corrected chi connectivity index (χ3v) is 4.88. The molecule has 1 N–H and O–H groups in total. The Labute approximate surface area is 157 Å². The zero-order chi connectivity index (χ0) is 20.1. The van der Waals surface area contributed by atoms with Crippen LogP contribution in [0.4, 0.5) is 17.6 Å². The molecule has 1 aliphatic rings. The quantitative estimate of drug-likeness (QED) is 0.652. The van der Waals surface area contributed by atoms with Crippen LogP contribution in [0.15, 0.2) is 30.5 Å². The molecule has 148 valence electrons. The Bertz CT molecular complexity index is 1010. The van der Waals surface area contributed by atoms with Crippen LogP contribution in [0, 0.1) is 6.92 Å². The van der Waals surface area contributed by atoms with Crippen LogP contribution >= 0.6 is 0 Å². The molecule has 0 aliphatic carbocycles. The molecule has 0 bridgehead atoms. The van der Waals surface area contributed by atoms with Gasteiger partial charge in [-0.15, -0.1) is 0 Å². The van der Waals surface area contributed by atoms with Crippen LogP contribution in [0.2, 0.25) is 0 Å². The summed E-state index contributed by atoms with van der Waals surface area (Å²) in [6.45, 7) is 1.93. The molecule has 4 rings (SSSR count). The van der Waals surface area contributed by atoms with E-state index in [0.29, 0.717) is 35.8 Å². The fourth-order valence-electron chi connectivity index (χ4n) is 3.49. The van der Waals surface area contributed by atoms with Crippen molar-refractivity contribution in [3.05, 3.63) is 41.6 Å². The first-order valence-electron chi connectivity index (χ1n) is 8.73. The molecule has 2 aromatic heterocycles. The average Bonchev–Trinajstić information content (AvgIpc) is 3.04. The van der Waals surface area contributed by atoms with E-state index >= 15 is 0 Å². The van der Waals surface area contributed by atoms with Gasteiger partial charge in [0.1, 0.15) is 11.9 Å². The summed E-state index contributed by atoms with van der Waals surface area (Å²) in [5.41, 5.74) is 0.149. The lowest BCUT2D eigenvalue weighted by molar-refractivity contribution is -0.137. The minimum absolute atomic E-state index is 0.0121. The summed E-state index contributed by atoms with van der Waals surface area (Å²) in [7, 11) is 0. The summed E-state index contributed by atoms with van der Waals surface area (Å²) in [6, 6.07) is 4.50. The molecule has 3 heterocycles. The van der Waals surface area contributed by atoms with Crippen molar-refractivity contribution in [1.29, 1.82) is 0 Å². The molecular formula is C19H17F4N3O2. The lowest BCUT2D eigenvalue weighted by Gasteiger charge is -2.25. The van der Waals surface area contributed by atoms with Crippen molar-refractivity contribution in [2.75, 3.05) is 13.2 Å². The van der Waals surface area contributed by atoms with Gasteiger partial charge in [0.25, 0.3) is 0 Å². The number of aryl methyl sites for hydroxylation is 1. The molecule has 5 nitrogen and oxygen atoms in total. The van der Waals surface area contributed by atoms with E-state index in [9.17, 15) is 22.7 Å². The van der Waals surface area contributed by atoms with Gasteiger partial charge in [0.2, 0.25) is 0 Å². The predicted octanol–water partition coefficient (Wildman–Crippen LogP) is 4.43. The smallest absolute Gasteiger partial charge is 0.416 e. The third-order valence-electron chi connectivity index (χ3n) is 4.88. The van der Waals surface area contributed by atoms with Crippen LogP contribution in [0.25, 0.3) is 22.3 Å². The molecular weight excluding hydrogens is 378 g/mol. The average molecular weight is 395 g/mol. The number of hydrogen-bond acceptors (Lipinski definition) is 4. The number of aromatic hydroxyl groups is 1. The van der Waals surface area contributed by atoms with Crippen molar-refractivity contribution in [3.8, 4) is 17.0 Å². The Balaban J connectivity index is 1.74. The summed E-state index contributed by atoms with van der Waals surface area (Å²) in [5, 5.41) is 15.2. The van der Waals surface area contributed by atoms with Gasteiger partial charge in [-0.3, -0.25) is 4.68 Å². The van der Waals surface area contributed by atoms with Crippen molar-refractivity contribution in [2.24, 2.45) is 0 Å². The van der Waals surface area contributed by atoms with Gasteiger partial charge >= 0.3 is 6.18 Å². The molecule has 0 unspecified atom stereocenters. The number of alkyl halides is 4. The van der Waals surface area contributed by atoms with E-state index in [-0.39, 0.29) is 17.7 Å². The lowest BCUT2D eigenvalue weighted by atomic mass is 10.00. The summed E-state index contributed by atoms with van der Waals surface area (Å²) in [6.07, 6.45) is -3.55. The second-order valence-corrected chi connectivity index (χ2v) is 6.85. The van der Waals surface area contributed by atoms with Crippen molar-refractivity contribution < 1.29 is 27.4 Å². The predicted molar refractivity (Wildman–Crippen MR) is 93.7 cm³/mol. The number of aromatic nitrogens is 3. The monoisotopic (exact) mass is 395 g/mol. The van der Waals surface area contributed by atoms with Gasteiger partial charge in [-0.1, -0.05) is 0 Å². The van der Waals surface area contributed by atoms with Gasteiger partial charge < -0.3 is 9.84 Å². The van der Waals surface area contributed by atoms with Gasteiger partial charge in [-0.05, 0) is 43.2 Å². The van der Waals surface area contributed by atoms with E-state index in [1.165, 1.54) is 11.6 Å². The Kier molecular flexibility index (Phi) is 4.49. The van der Waals surface area contributed by atoms with E-state index in [1.807, 2.05) is 0 Å². The van der Waals surface area contributed by atoms with Crippen LogP contribution in [0.3, 0.4) is 0 Å². The molecule has 0 spiro atoms. The minimum Gasteiger partial charge on any atom is -0.507 e. The van der Waals surface area contributed by atoms with E-state index in [4.69, 9.17) is 4.74 Å². The number of nitrogens with zero attached hydrogens (tertiary/aromatic N) is 3. The van der Waals surface area contributed by atoms with E-state index in [2.05, 4.69) is 10.1 Å². The SMILES string of the molecule is Cc1cc(C(F)(F)F)cc(O)c1-c1ccc2cn([C@@H]3CCOC[C@H]3F)nc2n1. The van der Waals surface area contributed by atoms with Gasteiger partial charge in [0.15, 0.2) is 5.65 Å². The highest BCUT2D eigenvalue weighted by atomic mass is 19.4. The number of phenolic OH excluding ortho intramolecular Hbond substituents is 1. The molecule has 2 atom stereocenters. The Morgan fingerprint density at radius 1 is 1.25 bits per heavy atom. The molecule has 9 heteroatoms. The molecule has 1 fully saturated rings. The van der Waals surface area contributed by atoms with Crippen LogP contribution in [-0.2, 0) is 10.9 Å². The molecule has 1 aromatic carbocycles. The van der Waals surface area contributed by atoms with Crippen LogP contribution in [0.1, 0.15) is 23.6 Å². The van der Waals surface area contributed by atoms with Crippen molar-refractivity contribution in [1.82, 2.24) is 14.8 Å². The number of benzene rings is 1. The first-order chi connectivity index (χ1) is 13.2. The Morgan fingerprint density at radius 2 is 2.04 bits per heavy atom. The summed E-state index contributed by atoms with van der Waals surface area (Å²) in [5.74, 6) is -0.508. The second-order valence-electron chi connectivity index (χ2n) is 6.85. The number of phenols is 1. The first-order valence-corrected chi connectivity index (χ1v) is 8.73. The highest BCUT2D eigenvalue weighted by Crippen LogP contribution is 2.38. The summed E-state index contributed by atoms with van der Waals surface area (Å²) in [4.78, 5) is 4.37. The molecule has 28 heavy (non-hydrogen) atoms. The number of rotatable bonds is 2. The molecule has 0 amide bonds. The largest absolute Gasteiger partial charge is 0.507 e. The summed E-state index contributed by atoms with van der Waals surface area (Å²) < 4.78 is 59.5. The van der Waals surface area contributed by atoms with Gasteiger partial charge in [0.05, 0.1) is 23.9 Å². The zero-order valence-electron chi connectivity index (χ0n) is 14.9. The molecule has 3 aromatic rings. The zero-order valence-corrected chi connectivity index (χ0v) is 14.9. The maximum absolute atomic E-state index is 14.1. The lowest BCUT2D eigenvalue weighted by Crippen LogP contribution is -2.31. The van der Waals surface area contributed by atoms with Crippen molar-refractivity contribution >= 4 is 11.0 Å². The number of ether oxygens (including phenoxy) is 1. The first kappa shape index (κ1) is 18.7. The molecule has 0 radical (unpaired) electrons. The minimum atomic E-state index is -4.55. The van der Waals surface area contributed by atoms with Gasteiger partial charge in [-0.2, -0.15) is 18.3 Å². The summed E-state index contributed by atoms with van der Waals surface area (Å²) >= 11 is 0. The second kappa shape index (κ2) is 6.73. The Hall–Kier alpha value is -2.68. The maximum atomic E-state index is 14.1. The fraction of sp³-hybridized carbons (Fsp3) is 0.368. The maximum Gasteiger partial charge on any atom is 0.416 e.